The molecule has 31 heavy (non-hydrogen) atoms. The van der Waals surface area contributed by atoms with E-state index in [0.29, 0.717) is 39.9 Å². The standard InChI is InChI=1S/C22H22ClN3O5/c1-30-17-10-12(14(23)11-18(17)31-2)19-16-8-5-9-25(16)22(20(19)26(28)29)13-6-3-4-7-15(13)24-21(22)27/h3-4,6-7,10-11,16,19-20H,5,8-9H2,1-2H3,(H,24,27)/t16-,19+,20+,22+/m0/s1. The van der Waals surface area contributed by atoms with E-state index in [-0.39, 0.29) is 16.9 Å². The Kier molecular flexibility index (Phi) is 4.60. The van der Waals surface area contributed by atoms with E-state index in [4.69, 9.17) is 21.1 Å². The number of nitrogens with zero attached hydrogens (tertiary/aromatic N) is 2. The molecule has 2 fully saturated rings. The molecule has 8 nitrogen and oxygen atoms in total. The van der Waals surface area contributed by atoms with Crippen molar-refractivity contribution >= 4 is 23.2 Å². The zero-order valence-electron chi connectivity index (χ0n) is 17.1. The van der Waals surface area contributed by atoms with Gasteiger partial charge in [0.15, 0.2) is 17.0 Å². The molecule has 3 aliphatic rings. The molecule has 2 saturated heterocycles. The molecule has 3 heterocycles. The van der Waals surface area contributed by atoms with E-state index in [1.54, 1.807) is 18.2 Å². The summed E-state index contributed by atoms with van der Waals surface area (Å²) in [6, 6.07) is 9.20. The van der Waals surface area contributed by atoms with Crippen molar-refractivity contribution in [1.82, 2.24) is 4.90 Å². The van der Waals surface area contributed by atoms with Crippen LogP contribution in [0.2, 0.25) is 5.02 Å². The highest BCUT2D eigenvalue weighted by Crippen LogP contribution is 2.59. The van der Waals surface area contributed by atoms with Crippen LogP contribution >= 0.6 is 11.6 Å². The molecule has 4 atom stereocenters. The second kappa shape index (κ2) is 7.10. The Bertz CT molecular complexity index is 1090. The van der Waals surface area contributed by atoms with E-state index >= 15 is 0 Å². The maximum absolute atomic E-state index is 13.5. The van der Waals surface area contributed by atoms with Crippen LogP contribution in [0, 0.1) is 10.1 Å². The first-order valence-electron chi connectivity index (χ1n) is 10.2. The summed E-state index contributed by atoms with van der Waals surface area (Å²) in [6.45, 7) is 0.609. The van der Waals surface area contributed by atoms with Gasteiger partial charge in [-0.1, -0.05) is 29.8 Å². The number of anilines is 1. The summed E-state index contributed by atoms with van der Waals surface area (Å²) in [4.78, 5) is 27.8. The summed E-state index contributed by atoms with van der Waals surface area (Å²) in [5.41, 5.74) is 0.520. The first kappa shape index (κ1) is 20.1. The summed E-state index contributed by atoms with van der Waals surface area (Å²) >= 11 is 6.63. The Morgan fingerprint density at radius 3 is 2.65 bits per heavy atom. The summed E-state index contributed by atoms with van der Waals surface area (Å²) in [6.07, 6.45) is 1.60. The quantitative estimate of drug-likeness (QED) is 0.575. The average molecular weight is 444 g/mol. The number of nitrogens with one attached hydrogen (secondary N) is 1. The SMILES string of the molecule is COc1cc(Cl)c([C@@H]2[C@@H]3CCCN3[C@@]3(C(=O)Nc4ccccc43)[C@@H]2[N+](=O)[O-])cc1OC. The van der Waals surface area contributed by atoms with Gasteiger partial charge in [0.2, 0.25) is 0 Å². The molecule has 0 saturated carbocycles. The highest BCUT2D eigenvalue weighted by molar-refractivity contribution is 6.31. The molecule has 0 aliphatic carbocycles. The van der Waals surface area contributed by atoms with Crippen LogP contribution in [0.4, 0.5) is 5.69 Å². The van der Waals surface area contributed by atoms with Gasteiger partial charge in [-0.15, -0.1) is 0 Å². The number of halogens is 1. The van der Waals surface area contributed by atoms with Gasteiger partial charge in [-0.05, 0) is 30.5 Å². The average Bonchev–Trinajstić information content (AvgIpc) is 3.41. The third kappa shape index (κ3) is 2.55. The van der Waals surface area contributed by atoms with Crippen molar-refractivity contribution in [3.05, 3.63) is 62.7 Å². The van der Waals surface area contributed by atoms with Crippen LogP contribution < -0.4 is 14.8 Å². The van der Waals surface area contributed by atoms with Crippen molar-refractivity contribution in [2.24, 2.45) is 0 Å². The minimum Gasteiger partial charge on any atom is -0.493 e. The molecular weight excluding hydrogens is 422 g/mol. The summed E-state index contributed by atoms with van der Waals surface area (Å²) in [7, 11) is 3.02. The molecule has 0 bridgehead atoms. The maximum atomic E-state index is 13.5. The molecule has 1 spiro atoms. The first-order chi connectivity index (χ1) is 14.9. The Hall–Kier alpha value is -2.84. The summed E-state index contributed by atoms with van der Waals surface area (Å²) < 4.78 is 10.8. The van der Waals surface area contributed by atoms with E-state index in [1.807, 2.05) is 23.1 Å². The molecule has 162 valence electrons. The number of benzene rings is 2. The smallest absolute Gasteiger partial charge is 0.256 e. The van der Waals surface area contributed by atoms with E-state index in [9.17, 15) is 14.9 Å². The minimum atomic E-state index is -1.37. The van der Waals surface area contributed by atoms with Crippen LogP contribution in [0.1, 0.15) is 29.9 Å². The molecular formula is C22H22ClN3O5. The lowest BCUT2D eigenvalue weighted by Crippen LogP contribution is -2.55. The van der Waals surface area contributed by atoms with Crippen molar-refractivity contribution in [2.75, 3.05) is 26.1 Å². The maximum Gasteiger partial charge on any atom is 0.256 e. The second-order valence-electron chi connectivity index (χ2n) is 8.15. The highest BCUT2D eigenvalue weighted by Gasteiger charge is 2.73. The normalized spacial score (nSPS) is 29.0. The number of methoxy groups -OCH3 is 2. The lowest BCUT2D eigenvalue weighted by molar-refractivity contribution is -0.534. The predicted molar refractivity (Wildman–Crippen MR) is 115 cm³/mol. The number of para-hydroxylation sites is 1. The number of hydrogen-bond acceptors (Lipinski definition) is 6. The minimum absolute atomic E-state index is 0.192. The van der Waals surface area contributed by atoms with E-state index in [0.717, 1.165) is 12.8 Å². The fourth-order valence-corrected chi connectivity index (χ4v) is 6.15. The van der Waals surface area contributed by atoms with Crippen LogP contribution in [0.3, 0.4) is 0 Å². The van der Waals surface area contributed by atoms with Crippen molar-refractivity contribution in [1.29, 1.82) is 0 Å². The predicted octanol–water partition coefficient (Wildman–Crippen LogP) is 3.41. The molecule has 1 amide bonds. The Morgan fingerprint density at radius 1 is 1.23 bits per heavy atom. The number of carbonyl (C=O) groups excluding carboxylic acids is 1. The van der Waals surface area contributed by atoms with Crippen LogP contribution in [0.5, 0.6) is 11.5 Å². The van der Waals surface area contributed by atoms with E-state index in [2.05, 4.69) is 5.32 Å². The summed E-state index contributed by atoms with van der Waals surface area (Å²) in [5, 5.41) is 15.9. The third-order valence-electron chi connectivity index (χ3n) is 6.96. The van der Waals surface area contributed by atoms with Crippen LogP contribution in [-0.2, 0) is 10.3 Å². The zero-order chi connectivity index (χ0) is 21.9. The van der Waals surface area contributed by atoms with Crippen molar-refractivity contribution in [2.45, 2.75) is 36.4 Å². The third-order valence-corrected chi connectivity index (χ3v) is 7.28. The van der Waals surface area contributed by atoms with Gasteiger partial charge in [-0.3, -0.25) is 19.8 Å². The fraction of sp³-hybridized carbons (Fsp3) is 0.409. The van der Waals surface area contributed by atoms with Crippen molar-refractivity contribution in [3.8, 4) is 11.5 Å². The number of ether oxygens (including phenoxy) is 2. The molecule has 0 radical (unpaired) electrons. The molecule has 9 heteroatoms. The van der Waals surface area contributed by atoms with Crippen LogP contribution in [-0.4, -0.2) is 48.6 Å². The highest BCUT2D eigenvalue weighted by atomic mass is 35.5. The Balaban J connectivity index is 1.76. The molecule has 2 aromatic rings. The fourth-order valence-electron chi connectivity index (χ4n) is 5.87. The van der Waals surface area contributed by atoms with Crippen LogP contribution in [0.25, 0.3) is 0 Å². The lowest BCUT2D eigenvalue weighted by atomic mass is 9.77. The molecule has 2 aromatic carbocycles. The number of rotatable bonds is 4. The van der Waals surface area contributed by atoms with Crippen LogP contribution in [0.15, 0.2) is 36.4 Å². The number of nitro groups is 1. The van der Waals surface area contributed by atoms with Gasteiger partial charge < -0.3 is 14.8 Å². The number of hydrogen-bond donors (Lipinski definition) is 1. The molecule has 0 unspecified atom stereocenters. The molecule has 3 aliphatic heterocycles. The molecule has 1 N–H and O–H groups in total. The monoisotopic (exact) mass is 443 g/mol. The van der Waals surface area contributed by atoms with Crippen molar-refractivity contribution < 1.29 is 19.2 Å². The number of amides is 1. The van der Waals surface area contributed by atoms with Gasteiger partial charge >= 0.3 is 0 Å². The van der Waals surface area contributed by atoms with E-state index in [1.165, 1.54) is 14.2 Å². The Morgan fingerprint density at radius 2 is 1.94 bits per heavy atom. The first-order valence-corrected chi connectivity index (χ1v) is 10.6. The van der Waals surface area contributed by atoms with E-state index < -0.39 is 17.5 Å². The van der Waals surface area contributed by atoms with Gasteiger partial charge in [0.05, 0.1) is 20.1 Å². The van der Waals surface area contributed by atoms with Gasteiger partial charge in [0.1, 0.15) is 0 Å². The molecule has 5 rings (SSSR count). The van der Waals surface area contributed by atoms with Gasteiger partial charge in [-0.2, -0.15) is 0 Å². The van der Waals surface area contributed by atoms with Gasteiger partial charge in [0, 0.05) is 39.8 Å². The molecule has 0 aromatic heterocycles. The Labute approximate surface area is 184 Å². The summed E-state index contributed by atoms with van der Waals surface area (Å²) in [5.74, 6) is -0.0253. The number of fused-ring (bicyclic) bond motifs is 4. The van der Waals surface area contributed by atoms with Crippen molar-refractivity contribution in [3.63, 3.8) is 0 Å². The number of carbonyl (C=O) groups is 1. The lowest BCUT2D eigenvalue weighted by Gasteiger charge is -2.32. The van der Waals surface area contributed by atoms with Gasteiger partial charge in [-0.25, -0.2) is 0 Å². The largest absolute Gasteiger partial charge is 0.493 e. The zero-order valence-corrected chi connectivity index (χ0v) is 17.9. The topological polar surface area (TPSA) is 93.9 Å². The second-order valence-corrected chi connectivity index (χ2v) is 8.56. The van der Waals surface area contributed by atoms with Gasteiger partial charge in [0.25, 0.3) is 11.9 Å².